The Morgan fingerprint density at radius 3 is 2.61 bits per heavy atom. The summed E-state index contributed by atoms with van der Waals surface area (Å²) in [5.41, 5.74) is 7.11. The van der Waals surface area contributed by atoms with Gasteiger partial charge in [0.15, 0.2) is 11.5 Å². The average Bonchev–Trinajstić information content (AvgIpc) is 2.82. The van der Waals surface area contributed by atoms with Crippen LogP contribution in [0.5, 0.6) is 11.5 Å². The Hall–Kier alpha value is -4.12. The van der Waals surface area contributed by atoms with Crippen LogP contribution in [0.25, 0.3) is 10.8 Å². The van der Waals surface area contributed by atoms with Gasteiger partial charge in [0, 0.05) is 5.56 Å². The number of rotatable bonds is 7. The number of aryl methyl sites for hydroxylation is 2. The molecule has 0 heterocycles. The number of carbonyl (C=O) groups excluding carboxylic acids is 1. The average molecular weight is 439 g/mol. The first-order chi connectivity index (χ1) is 16.1. The van der Waals surface area contributed by atoms with Gasteiger partial charge in [-0.05, 0) is 47.9 Å². The molecule has 0 saturated heterocycles. The minimum atomic E-state index is -0.259. The zero-order valence-corrected chi connectivity index (χ0v) is 19.0. The number of hydrogen-bond donors (Lipinski definition) is 1. The molecule has 33 heavy (non-hydrogen) atoms. The molecule has 0 aliphatic carbocycles. The molecule has 4 rings (SSSR count). The lowest BCUT2D eigenvalue weighted by atomic mass is 9.99. The van der Waals surface area contributed by atoms with E-state index in [-0.39, 0.29) is 5.91 Å². The minimum Gasteiger partial charge on any atom is -0.493 e. The van der Waals surface area contributed by atoms with Gasteiger partial charge >= 0.3 is 0 Å². The largest absolute Gasteiger partial charge is 0.493 e. The monoisotopic (exact) mass is 438 g/mol. The first kappa shape index (κ1) is 22.1. The van der Waals surface area contributed by atoms with Gasteiger partial charge in [-0.1, -0.05) is 72.3 Å². The zero-order valence-electron chi connectivity index (χ0n) is 19.0. The van der Waals surface area contributed by atoms with Crippen molar-refractivity contribution in [2.45, 2.75) is 20.5 Å². The fourth-order valence-electron chi connectivity index (χ4n) is 3.81. The van der Waals surface area contributed by atoms with Crippen LogP contribution < -0.4 is 14.9 Å². The number of ether oxygens (including phenoxy) is 2. The van der Waals surface area contributed by atoms with Crippen LogP contribution in [-0.4, -0.2) is 19.2 Å². The summed E-state index contributed by atoms with van der Waals surface area (Å²) in [5.74, 6) is 0.911. The molecular weight excluding hydrogens is 412 g/mol. The molecule has 0 radical (unpaired) electrons. The summed E-state index contributed by atoms with van der Waals surface area (Å²) < 4.78 is 11.6. The van der Waals surface area contributed by atoms with Gasteiger partial charge in [-0.3, -0.25) is 4.79 Å². The Balaban J connectivity index is 1.55. The van der Waals surface area contributed by atoms with Gasteiger partial charge in [-0.15, -0.1) is 0 Å². The third-order valence-corrected chi connectivity index (χ3v) is 5.43. The molecule has 0 aromatic heterocycles. The fraction of sp³-hybridized carbons (Fsp3) is 0.143. The lowest BCUT2D eigenvalue weighted by Gasteiger charge is -2.13. The number of fused-ring (bicyclic) bond motifs is 1. The number of amides is 1. The standard InChI is InChI=1S/C28H26N2O3/c1-19-8-6-9-21(16-19)18-33-27-23(11-7-13-25(27)32-3)17-29-30-28(31)26-20(2)14-15-22-10-4-5-12-24(22)26/h4-17H,18H2,1-3H3,(H,30,31)/b29-17-. The van der Waals surface area contributed by atoms with E-state index >= 15 is 0 Å². The highest BCUT2D eigenvalue weighted by molar-refractivity contribution is 6.08. The number of nitrogens with zero attached hydrogens (tertiary/aromatic N) is 1. The van der Waals surface area contributed by atoms with Crippen molar-refractivity contribution in [3.8, 4) is 11.5 Å². The number of hydrogen-bond acceptors (Lipinski definition) is 4. The maximum absolute atomic E-state index is 12.9. The zero-order chi connectivity index (χ0) is 23.2. The van der Waals surface area contributed by atoms with Crippen LogP contribution in [0.1, 0.15) is 32.6 Å². The Kier molecular flexibility index (Phi) is 6.69. The van der Waals surface area contributed by atoms with E-state index in [4.69, 9.17) is 9.47 Å². The Bertz CT molecular complexity index is 1330. The molecule has 166 valence electrons. The molecular formula is C28H26N2O3. The van der Waals surface area contributed by atoms with Crippen LogP contribution in [0.4, 0.5) is 0 Å². The maximum atomic E-state index is 12.9. The normalized spacial score (nSPS) is 11.0. The number of carbonyl (C=O) groups is 1. The summed E-state index contributed by atoms with van der Waals surface area (Å²) in [6.45, 7) is 4.36. The summed E-state index contributed by atoms with van der Waals surface area (Å²) >= 11 is 0. The van der Waals surface area contributed by atoms with Crippen LogP contribution in [0.2, 0.25) is 0 Å². The second-order valence-corrected chi connectivity index (χ2v) is 7.83. The van der Waals surface area contributed by atoms with Crippen LogP contribution in [-0.2, 0) is 6.61 Å². The molecule has 0 fully saturated rings. The van der Waals surface area contributed by atoms with Crippen LogP contribution in [0.3, 0.4) is 0 Å². The van der Waals surface area contributed by atoms with Gasteiger partial charge in [0.1, 0.15) is 6.61 Å². The predicted octanol–water partition coefficient (Wildman–Crippen LogP) is 5.81. The first-order valence-corrected chi connectivity index (χ1v) is 10.7. The smallest absolute Gasteiger partial charge is 0.272 e. The van der Waals surface area contributed by atoms with Gasteiger partial charge in [0.25, 0.3) is 5.91 Å². The summed E-state index contributed by atoms with van der Waals surface area (Å²) in [5, 5.41) is 6.12. The molecule has 1 N–H and O–H groups in total. The highest BCUT2D eigenvalue weighted by Gasteiger charge is 2.13. The van der Waals surface area contributed by atoms with E-state index in [0.29, 0.717) is 29.2 Å². The number of para-hydroxylation sites is 1. The molecule has 5 heteroatoms. The molecule has 4 aromatic carbocycles. The topological polar surface area (TPSA) is 59.9 Å². The Morgan fingerprint density at radius 1 is 0.970 bits per heavy atom. The highest BCUT2D eigenvalue weighted by Crippen LogP contribution is 2.31. The Morgan fingerprint density at radius 2 is 1.79 bits per heavy atom. The second kappa shape index (κ2) is 10.0. The van der Waals surface area contributed by atoms with Crippen LogP contribution in [0.15, 0.2) is 84.0 Å². The van der Waals surface area contributed by atoms with E-state index in [0.717, 1.165) is 21.9 Å². The molecule has 1 amide bonds. The van der Waals surface area contributed by atoms with Crippen molar-refractivity contribution in [3.05, 3.63) is 107 Å². The third kappa shape index (κ3) is 5.04. The van der Waals surface area contributed by atoms with E-state index in [1.165, 1.54) is 5.56 Å². The molecule has 5 nitrogen and oxygen atoms in total. The molecule has 0 aliphatic heterocycles. The molecule has 0 atom stereocenters. The summed E-state index contributed by atoms with van der Waals surface area (Å²) in [6, 6.07) is 25.5. The van der Waals surface area contributed by atoms with Gasteiger partial charge in [0.2, 0.25) is 0 Å². The summed E-state index contributed by atoms with van der Waals surface area (Å²) in [6.07, 6.45) is 1.58. The number of methoxy groups -OCH3 is 1. The van der Waals surface area contributed by atoms with E-state index in [2.05, 4.69) is 16.6 Å². The highest BCUT2D eigenvalue weighted by atomic mass is 16.5. The number of nitrogens with one attached hydrogen (secondary N) is 1. The fourth-order valence-corrected chi connectivity index (χ4v) is 3.81. The summed E-state index contributed by atoms with van der Waals surface area (Å²) in [7, 11) is 1.60. The van der Waals surface area contributed by atoms with Gasteiger partial charge in [-0.2, -0.15) is 5.10 Å². The van der Waals surface area contributed by atoms with Gasteiger partial charge in [-0.25, -0.2) is 5.43 Å². The van der Waals surface area contributed by atoms with E-state index in [9.17, 15) is 4.79 Å². The van der Waals surface area contributed by atoms with Crippen molar-refractivity contribution in [2.24, 2.45) is 5.10 Å². The van der Waals surface area contributed by atoms with Crippen molar-refractivity contribution in [1.82, 2.24) is 5.43 Å². The van der Waals surface area contributed by atoms with Crippen molar-refractivity contribution in [2.75, 3.05) is 7.11 Å². The molecule has 0 bridgehead atoms. The summed E-state index contributed by atoms with van der Waals surface area (Å²) in [4.78, 5) is 12.9. The van der Waals surface area contributed by atoms with E-state index in [1.54, 1.807) is 13.3 Å². The molecule has 4 aromatic rings. The SMILES string of the molecule is COc1cccc(/C=N\NC(=O)c2c(C)ccc3ccccc23)c1OCc1cccc(C)c1. The molecule has 0 unspecified atom stereocenters. The van der Waals surface area contributed by atoms with Crippen molar-refractivity contribution >= 4 is 22.9 Å². The molecule has 0 aliphatic rings. The second-order valence-electron chi connectivity index (χ2n) is 7.83. The Labute approximate surface area is 193 Å². The number of benzene rings is 4. The van der Waals surface area contributed by atoms with Crippen molar-refractivity contribution in [3.63, 3.8) is 0 Å². The van der Waals surface area contributed by atoms with Crippen LogP contribution >= 0.6 is 0 Å². The van der Waals surface area contributed by atoms with E-state index < -0.39 is 0 Å². The van der Waals surface area contributed by atoms with Crippen LogP contribution in [0, 0.1) is 13.8 Å². The van der Waals surface area contributed by atoms with Crippen molar-refractivity contribution in [1.29, 1.82) is 0 Å². The van der Waals surface area contributed by atoms with E-state index in [1.807, 2.05) is 86.6 Å². The quantitative estimate of drug-likeness (QED) is 0.293. The molecule has 0 saturated carbocycles. The number of hydrazone groups is 1. The maximum Gasteiger partial charge on any atom is 0.272 e. The molecule has 0 spiro atoms. The minimum absolute atomic E-state index is 0.259. The van der Waals surface area contributed by atoms with Gasteiger partial charge < -0.3 is 9.47 Å². The third-order valence-electron chi connectivity index (χ3n) is 5.43. The van der Waals surface area contributed by atoms with Gasteiger partial charge in [0.05, 0.1) is 18.9 Å². The first-order valence-electron chi connectivity index (χ1n) is 10.7. The predicted molar refractivity (Wildman–Crippen MR) is 132 cm³/mol. The lowest BCUT2D eigenvalue weighted by Crippen LogP contribution is -2.19. The lowest BCUT2D eigenvalue weighted by molar-refractivity contribution is 0.0956. The van der Waals surface area contributed by atoms with Crippen molar-refractivity contribution < 1.29 is 14.3 Å².